The van der Waals surface area contributed by atoms with Gasteiger partial charge in [0.1, 0.15) is 5.82 Å². The number of carbonyl (C=O) groups excluding carboxylic acids is 2. The van der Waals surface area contributed by atoms with E-state index in [9.17, 15) is 14.0 Å². The number of nitrogens with two attached hydrogens (primary N) is 1. The molecule has 1 heterocycles. The fourth-order valence-corrected chi connectivity index (χ4v) is 2.99. The van der Waals surface area contributed by atoms with E-state index in [0.29, 0.717) is 49.8 Å². The minimum atomic E-state index is -0.469. The maximum Gasteiger partial charge on any atom is 0.239 e. The zero-order valence-corrected chi connectivity index (χ0v) is 17.0. The van der Waals surface area contributed by atoms with E-state index in [4.69, 9.17) is 5.73 Å². The van der Waals surface area contributed by atoms with Gasteiger partial charge in [-0.3, -0.25) is 9.59 Å². The zero-order chi connectivity index (χ0) is 17.9. The standard InChI is InChI=1S/C18H26FN3O2.2ClH/c1-12(2)10-16(20)18(24)22-8-6-21(7-9-22)17-5-4-14(13(3)23)11-15(17)19;;/h4-5,11-12,16H,6-10,20H2,1-3H3;2*1H/t16-;;/m0../s1. The Morgan fingerprint density at radius 2 is 1.73 bits per heavy atom. The molecule has 1 aromatic carbocycles. The first-order valence-electron chi connectivity index (χ1n) is 8.39. The molecule has 1 aliphatic rings. The van der Waals surface area contributed by atoms with Crippen LogP contribution in [0.2, 0.25) is 0 Å². The maximum absolute atomic E-state index is 14.2. The van der Waals surface area contributed by atoms with Crippen molar-refractivity contribution in [3.8, 4) is 0 Å². The van der Waals surface area contributed by atoms with Crippen LogP contribution in [0.3, 0.4) is 0 Å². The van der Waals surface area contributed by atoms with Crippen molar-refractivity contribution in [2.24, 2.45) is 11.7 Å². The third kappa shape index (κ3) is 6.11. The highest BCUT2D eigenvalue weighted by atomic mass is 35.5. The van der Waals surface area contributed by atoms with E-state index in [-0.39, 0.29) is 36.5 Å². The molecule has 0 aromatic heterocycles. The minimum Gasteiger partial charge on any atom is -0.366 e. The topological polar surface area (TPSA) is 66.6 Å². The Morgan fingerprint density at radius 3 is 2.19 bits per heavy atom. The molecule has 1 saturated heterocycles. The molecule has 2 rings (SSSR count). The fraction of sp³-hybridized carbons (Fsp3) is 0.556. The Hall–Kier alpha value is -1.37. The van der Waals surface area contributed by atoms with E-state index in [1.165, 1.54) is 13.0 Å². The van der Waals surface area contributed by atoms with Gasteiger partial charge in [-0.1, -0.05) is 13.8 Å². The molecule has 1 atom stereocenters. The number of rotatable bonds is 5. The van der Waals surface area contributed by atoms with Gasteiger partial charge < -0.3 is 15.5 Å². The molecule has 8 heteroatoms. The van der Waals surface area contributed by atoms with Gasteiger partial charge in [0.15, 0.2) is 5.78 Å². The van der Waals surface area contributed by atoms with Crippen LogP contribution < -0.4 is 10.6 Å². The second kappa shape index (κ2) is 10.7. The van der Waals surface area contributed by atoms with Crippen LogP contribution in [0.4, 0.5) is 10.1 Å². The number of ketones is 1. The number of amides is 1. The lowest BCUT2D eigenvalue weighted by molar-refractivity contribution is -0.133. The van der Waals surface area contributed by atoms with Crippen molar-refractivity contribution < 1.29 is 14.0 Å². The summed E-state index contributed by atoms with van der Waals surface area (Å²) in [5.74, 6) is -0.219. The number of carbonyl (C=O) groups is 2. The minimum absolute atomic E-state index is 0. The summed E-state index contributed by atoms with van der Waals surface area (Å²) in [5.41, 5.74) is 6.80. The van der Waals surface area contributed by atoms with Crippen LogP contribution in [0.1, 0.15) is 37.6 Å². The first-order valence-corrected chi connectivity index (χ1v) is 8.39. The van der Waals surface area contributed by atoms with Crippen LogP contribution in [-0.4, -0.2) is 48.8 Å². The molecule has 0 bridgehead atoms. The van der Waals surface area contributed by atoms with Crippen molar-refractivity contribution in [1.82, 2.24) is 4.90 Å². The lowest BCUT2D eigenvalue weighted by atomic mass is 10.0. The van der Waals surface area contributed by atoms with E-state index < -0.39 is 11.9 Å². The zero-order valence-electron chi connectivity index (χ0n) is 15.4. The lowest BCUT2D eigenvalue weighted by Crippen LogP contribution is -2.53. The molecule has 1 aliphatic heterocycles. The van der Waals surface area contributed by atoms with Gasteiger partial charge >= 0.3 is 0 Å². The molecule has 0 radical (unpaired) electrons. The fourth-order valence-electron chi connectivity index (χ4n) is 2.99. The molecular weight excluding hydrogens is 380 g/mol. The van der Waals surface area contributed by atoms with Crippen LogP contribution in [0.5, 0.6) is 0 Å². The lowest BCUT2D eigenvalue weighted by Gasteiger charge is -2.37. The summed E-state index contributed by atoms with van der Waals surface area (Å²) in [6.07, 6.45) is 0.667. The Bertz CT molecular complexity index is 620. The van der Waals surface area contributed by atoms with E-state index in [2.05, 4.69) is 0 Å². The average molecular weight is 408 g/mol. The van der Waals surface area contributed by atoms with Gasteiger partial charge in [0.25, 0.3) is 0 Å². The largest absolute Gasteiger partial charge is 0.366 e. The number of hydrogen-bond donors (Lipinski definition) is 1. The van der Waals surface area contributed by atoms with Gasteiger partial charge in [0.2, 0.25) is 5.91 Å². The molecule has 0 saturated carbocycles. The predicted molar refractivity (Wildman–Crippen MR) is 107 cm³/mol. The van der Waals surface area contributed by atoms with Gasteiger partial charge in [-0.2, -0.15) is 0 Å². The van der Waals surface area contributed by atoms with Crippen LogP contribution in [0.25, 0.3) is 0 Å². The number of hydrogen-bond acceptors (Lipinski definition) is 4. The number of piperazine rings is 1. The summed E-state index contributed by atoms with van der Waals surface area (Å²) in [7, 11) is 0. The van der Waals surface area contributed by atoms with Crippen molar-refractivity contribution in [2.75, 3.05) is 31.1 Å². The summed E-state index contributed by atoms with van der Waals surface area (Å²) in [5, 5.41) is 0. The summed E-state index contributed by atoms with van der Waals surface area (Å²) >= 11 is 0. The second-order valence-corrected chi connectivity index (χ2v) is 6.77. The van der Waals surface area contributed by atoms with Crippen LogP contribution in [0.15, 0.2) is 18.2 Å². The molecule has 0 aliphatic carbocycles. The molecule has 0 unspecified atom stereocenters. The van der Waals surface area contributed by atoms with Gasteiger partial charge in [-0.25, -0.2) is 4.39 Å². The number of anilines is 1. The van der Waals surface area contributed by atoms with Crippen molar-refractivity contribution >= 4 is 42.2 Å². The van der Waals surface area contributed by atoms with Crippen molar-refractivity contribution in [1.29, 1.82) is 0 Å². The molecule has 148 valence electrons. The van der Waals surface area contributed by atoms with Crippen LogP contribution in [0, 0.1) is 11.7 Å². The SMILES string of the molecule is CC(=O)c1ccc(N2CCN(C(=O)[C@@H](N)CC(C)C)CC2)c(F)c1.Cl.Cl. The van der Waals surface area contributed by atoms with Crippen molar-refractivity contribution in [3.63, 3.8) is 0 Å². The van der Waals surface area contributed by atoms with Gasteiger partial charge in [-0.05, 0) is 37.5 Å². The van der Waals surface area contributed by atoms with E-state index >= 15 is 0 Å². The van der Waals surface area contributed by atoms with Gasteiger partial charge in [0.05, 0.1) is 11.7 Å². The van der Waals surface area contributed by atoms with Gasteiger partial charge in [0, 0.05) is 31.7 Å². The normalized spacial score (nSPS) is 15.2. The summed E-state index contributed by atoms with van der Waals surface area (Å²) in [6, 6.07) is 4.07. The molecule has 2 N–H and O–H groups in total. The maximum atomic E-state index is 14.2. The molecule has 1 aromatic rings. The summed E-state index contributed by atoms with van der Waals surface area (Å²) < 4.78 is 14.2. The highest BCUT2D eigenvalue weighted by molar-refractivity contribution is 5.94. The third-order valence-electron chi connectivity index (χ3n) is 4.33. The van der Waals surface area contributed by atoms with E-state index in [1.54, 1.807) is 17.0 Å². The summed E-state index contributed by atoms with van der Waals surface area (Å²) in [6.45, 7) is 7.65. The third-order valence-corrected chi connectivity index (χ3v) is 4.33. The predicted octanol–water partition coefficient (Wildman–Crippen LogP) is 2.89. The molecule has 5 nitrogen and oxygen atoms in total. The highest BCUT2D eigenvalue weighted by Gasteiger charge is 2.26. The Morgan fingerprint density at radius 1 is 1.15 bits per heavy atom. The first kappa shape index (κ1) is 24.6. The molecule has 1 amide bonds. The van der Waals surface area contributed by atoms with Crippen molar-refractivity contribution in [2.45, 2.75) is 33.2 Å². The Kier molecular flexibility index (Phi) is 10.1. The van der Waals surface area contributed by atoms with Gasteiger partial charge in [-0.15, -0.1) is 24.8 Å². The van der Waals surface area contributed by atoms with E-state index in [0.717, 1.165) is 0 Å². The monoisotopic (exact) mass is 407 g/mol. The quantitative estimate of drug-likeness (QED) is 0.761. The number of halogens is 3. The molecule has 0 spiro atoms. The summed E-state index contributed by atoms with van der Waals surface area (Å²) in [4.78, 5) is 27.3. The van der Waals surface area contributed by atoms with Crippen LogP contribution >= 0.6 is 24.8 Å². The highest BCUT2D eigenvalue weighted by Crippen LogP contribution is 2.22. The average Bonchev–Trinajstić information content (AvgIpc) is 2.53. The second-order valence-electron chi connectivity index (χ2n) is 6.77. The smallest absolute Gasteiger partial charge is 0.239 e. The number of benzene rings is 1. The van der Waals surface area contributed by atoms with Crippen LogP contribution in [-0.2, 0) is 4.79 Å². The molecule has 26 heavy (non-hydrogen) atoms. The van der Waals surface area contributed by atoms with E-state index in [1.807, 2.05) is 18.7 Å². The first-order chi connectivity index (χ1) is 11.3. The number of Topliss-reactive ketones (excluding diaryl/α,β-unsaturated/α-hetero) is 1. The molecule has 1 fully saturated rings. The molecular formula is C18H28Cl2FN3O2. The van der Waals surface area contributed by atoms with Crippen molar-refractivity contribution in [3.05, 3.63) is 29.6 Å². The Balaban J connectivity index is 0.00000312. The number of nitrogens with zero attached hydrogens (tertiary/aromatic N) is 2. The Labute approximate surface area is 166 Å².